The Morgan fingerprint density at radius 3 is 2.39 bits per heavy atom. The molecular weight excluding hydrogens is 362 g/mol. The van der Waals surface area contributed by atoms with Crippen molar-refractivity contribution >= 4 is 23.6 Å². The lowest BCUT2D eigenvalue weighted by molar-refractivity contribution is -0.129. The number of carbonyl (C=O) groups is 3. The van der Waals surface area contributed by atoms with Crippen molar-refractivity contribution in [3.05, 3.63) is 65.7 Å². The summed E-state index contributed by atoms with van der Waals surface area (Å²) >= 11 is 0. The zero-order chi connectivity index (χ0) is 20.4. The molecule has 0 fully saturated rings. The van der Waals surface area contributed by atoms with E-state index in [-0.39, 0.29) is 18.7 Å². The van der Waals surface area contributed by atoms with Gasteiger partial charge in [-0.1, -0.05) is 42.5 Å². The van der Waals surface area contributed by atoms with Gasteiger partial charge in [0.1, 0.15) is 0 Å². The largest absolute Gasteiger partial charge is 0.444 e. The summed E-state index contributed by atoms with van der Waals surface area (Å²) in [6, 6.07) is 14.4. The van der Waals surface area contributed by atoms with Gasteiger partial charge in [0.25, 0.3) is 5.91 Å². The van der Waals surface area contributed by atoms with E-state index in [9.17, 15) is 14.4 Å². The molecule has 0 spiro atoms. The number of benzene rings is 2. The normalized spacial score (nSPS) is 11.2. The average Bonchev–Trinajstić information content (AvgIpc) is 2.71. The Bertz CT molecular complexity index is 810. The average molecular weight is 385 g/mol. The van der Waals surface area contributed by atoms with Gasteiger partial charge in [-0.05, 0) is 19.1 Å². The van der Waals surface area contributed by atoms with Gasteiger partial charge in [0.05, 0.1) is 12.2 Å². The van der Waals surface area contributed by atoms with Gasteiger partial charge in [0.2, 0.25) is 6.10 Å². The van der Waals surface area contributed by atoms with Gasteiger partial charge < -0.3 is 20.5 Å². The fourth-order valence-corrected chi connectivity index (χ4v) is 2.46. The maximum absolute atomic E-state index is 12.7. The maximum atomic E-state index is 12.7. The quantitative estimate of drug-likeness (QED) is 0.515. The first-order chi connectivity index (χ1) is 13.6. The van der Waals surface area contributed by atoms with E-state index in [1.165, 1.54) is 0 Å². The third-order valence-electron chi connectivity index (χ3n) is 3.71. The van der Waals surface area contributed by atoms with Crippen molar-refractivity contribution in [2.45, 2.75) is 13.0 Å². The number of esters is 1. The van der Waals surface area contributed by atoms with Crippen molar-refractivity contribution in [2.24, 2.45) is 0 Å². The molecule has 0 aromatic heterocycles. The Hall–Kier alpha value is -3.39. The Kier molecular flexibility index (Phi) is 7.98. The van der Waals surface area contributed by atoms with Crippen molar-refractivity contribution in [2.75, 3.05) is 25.0 Å². The topological polar surface area (TPSA) is 117 Å². The highest BCUT2D eigenvalue weighted by Gasteiger charge is 2.27. The first kappa shape index (κ1) is 20.9. The van der Waals surface area contributed by atoms with Crippen LogP contribution in [0.2, 0.25) is 0 Å². The van der Waals surface area contributed by atoms with Crippen molar-refractivity contribution in [1.29, 1.82) is 0 Å². The smallest absolute Gasteiger partial charge is 0.341 e. The van der Waals surface area contributed by atoms with Crippen LogP contribution in [0.1, 0.15) is 28.9 Å². The van der Waals surface area contributed by atoms with Crippen molar-refractivity contribution in [1.82, 2.24) is 10.6 Å². The Labute approximate surface area is 162 Å². The molecule has 2 aromatic rings. The molecule has 28 heavy (non-hydrogen) atoms. The number of hydrogen-bond donors (Lipinski definition) is 4. The number of anilines is 1. The van der Waals surface area contributed by atoms with E-state index in [1.807, 2.05) is 0 Å². The predicted octanol–water partition coefficient (Wildman–Crippen LogP) is 1.83. The molecule has 1 atom stereocenters. The van der Waals surface area contributed by atoms with Crippen LogP contribution in [0.15, 0.2) is 54.6 Å². The molecule has 2 aromatic carbocycles. The highest BCUT2D eigenvalue weighted by Crippen LogP contribution is 2.23. The Morgan fingerprint density at radius 1 is 1.04 bits per heavy atom. The fourth-order valence-electron chi connectivity index (χ4n) is 2.46. The minimum atomic E-state index is -1.30. The van der Waals surface area contributed by atoms with Gasteiger partial charge in [0, 0.05) is 24.3 Å². The van der Waals surface area contributed by atoms with Crippen molar-refractivity contribution in [3.63, 3.8) is 0 Å². The van der Waals surface area contributed by atoms with Crippen LogP contribution in [0.25, 0.3) is 0 Å². The summed E-state index contributed by atoms with van der Waals surface area (Å²) in [6.45, 7) is 2.21. The molecule has 2 rings (SSSR count). The fraction of sp³-hybridized carbons (Fsp3) is 0.250. The molecule has 0 aliphatic rings. The van der Waals surface area contributed by atoms with E-state index in [0.29, 0.717) is 17.8 Å². The highest BCUT2D eigenvalue weighted by atomic mass is 16.5. The van der Waals surface area contributed by atoms with E-state index < -0.39 is 24.0 Å². The highest BCUT2D eigenvalue weighted by molar-refractivity contribution is 6.00. The summed E-state index contributed by atoms with van der Waals surface area (Å²) in [5.41, 5.74) is 1.11. The first-order valence-electron chi connectivity index (χ1n) is 8.85. The van der Waals surface area contributed by atoms with Crippen LogP contribution in [0.5, 0.6) is 0 Å². The summed E-state index contributed by atoms with van der Waals surface area (Å²) in [4.78, 5) is 37.0. The van der Waals surface area contributed by atoms with Gasteiger partial charge in [-0.15, -0.1) is 0 Å². The van der Waals surface area contributed by atoms with E-state index in [2.05, 4.69) is 16.0 Å². The number of ether oxygens (including phenoxy) is 1. The van der Waals surface area contributed by atoms with Gasteiger partial charge >= 0.3 is 12.0 Å². The molecule has 0 bridgehead atoms. The monoisotopic (exact) mass is 385 g/mol. The van der Waals surface area contributed by atoms with Crippen LogP contribution in [-0.2, 0) is 9.53 Å². The number of rotatable bonds is 8. The third kappa shape index (κ3) is 5.82. The van der Waals surface area contributed by atoms with E-state index in [1.54, 1.807) is 61.5 Å². The van der Waals surface area contributed by atoms with E-state index in [4.69, 9.17) is 9.84 Å². The zero-order valence-electron chi connectivity index (χ0n) is 15.5. The number of aliphatic hydroxyl groups is 1. The molecule has 0 unspecified atom stereocenters. The molecule has 0 saturated carbocycles. The second-order valence-corrected chi connectivity index (χ2v) is 5.74. The minimum Gasteiger partial charge on any atom is -0.444 e. The van der Waals surface area contributed by atoms with Crippen LogP contribution >= 0.6 is 0 Å². The van der Waals surface area contributed by atoms with Crippen molar-refractivity contribution in [3.8, 4) is 0 Å². The molecule has 148 valence electrons. The van der Waals surface area contributed by atoms with Crippen molar-refractivity contribution < 1.29 is 24.2 Å². The number of amides is 3. The molecule has 0 saturated heterocycles. The lowest BCUT2D eigenvalue weighted by atomic mass is 10.1. The van der Waals surface area contributed by atoms with Crippen LogP contribution in [0.3, 0.4) is 0 Å². The maximum Gasteiger partial charge on any atom is 0.341 e. The Balaban J connectivity index is 2.24. The standard InChI is InChI=1S/C20H23N3O5/c1-2-21-20(27)23-18(25)17(14-8-4-3-5-9-14)28-19(26)15-10-6-7-11-16(15)22-12-13-24/h3-11,17,22,24H,2,12-13H2,1H3,(H2,21,23,25,27)/t17-/m0/s1. The van der Waals surface area contributed by atoms with Crippen LogP contribution in [0.4, 0.5) is 10.5 Å². The molecule has 0 aliphatic heterocycles. The number of urea groups is 1. The molecule has 0 radical (unpaired) electrons. The number of carbonyl (C=O) groups excluding carboxylic acids is 3. The predicted molar refractivity (Wildman–Crippen MR) is 104 cm³/mol. The zero-order valence-corrected chi connectivity index (χ0v) is 15.5. The molecule has 8 nitrogen and oxygen atoms in total. The van der Waals surface area contributed by atoms with Gasteiger partial charge in [-0.2, -0.15) is 0 Å². The van der Waals surface area contributed by atoms with E-state index in [0.717, 1.165) is 0 Å². The molecular formula is C20H23N3O5. The second kappa shape index (κ2) is 10.7. The van der Waals surface area contributed by atoms with Crippen LogP contribution in [0, 0.1) is 0 Å². The number of nitrogens with one attached hydrogen (secondary N) is 3. The third-order valence-corrected chi connectivity index (χ3v) is 3.71. The van der Waals surface area contributed by atoms with Gasteiger partial charge in [-0.25, -0.2) is 9.59 Å². The summed E-state index contributed by atoms with van der Waals surface area (Å²) < 4.78 is 5.45. The summed E-state index contributed by atoms with van der Waals surface area (Å²) in [5.74, 6) is -1.49. The second-order valence-electron chi connectivity index (χ2n) is 5.74. The lowest BCUT2D eigenvalue weighted by Gasteiger charge is -2.19. The first-order valence-corrected chi connectivity index (χ1v) is 8.85. The van der Waals surface area contributed by atoms with Crippen LogP contribution < -0.4 is 16.0 Å². The van der Waals surface area contributed by atoms with Crippen LogP contribution in [-0.4, -0.2) is 42.7 Å². The molecule has 3 amide bonds. The minimum absolute atomic E-state index is 0.106. The SMILES string of the molecule is CCNC(=O)NC(=O)[C@@H](OC(=O)c1ccccc1NCCO)c1ccccc1. The summed E-state index contributed by atoms with van der Waals surface area (Å²) in [6.07, 6.45) is -1.30. The number of aliphatic hydroxyl groups excluding tert-OH is 1. The lowest BCUT2D eigenvalue weighted by Crippen LogP contribution is -2.42. The van der Waals surface area contributed by atoms with Gasteiger partial charge in [-0.3, -0.25) is 10.1 Å². The Morgan fingerprint density at radius 2 is 1.71 bits per heavy atom. The molecule has 0 heterocycles. The molecule has 4 N–H and O–H groups in total. The summed E-state index contributed by atoms with van der Waals surface area (Å²) in [7, 11) is 0. The number of para-hydroxylation sites is 1. The van der Waals surface area contributed by atoms with E-state index >= 15 is 0 Å². The number of hydrogen-bond acceptors (Lipinski definition) is 6. The van der Waals surface area contributed by atoms with Gasteiger partial charge in [0.15, 0.2) is 0 Å². The molecule has 0 aliphatic carbocycles. The number of imide groups is 1. The summed E-state index contributed by atoms with van der Waals surface area (Å²) in [5, 5.41) is 16.5. The molecule has 8 heteroatoms.